The van der Waals surface area contributed by atoms with Crippen LogP contribution in [-0.4, -0.2) is 18.1 Å². The molecule has 3 heteroatoms. The fourth-order valence-corrected chi connectivity index (χ4v) is 0.971. The Morgan fingerprint density at radius 2 is 1.86 bits per heavy atom. The third-order valence-corrected chi connectivity index (χ3v) is 2.30. The van der Waals surface area contributed by atoms with Crippen LogP contribution in [-0.2, 0) is 9.53 Å². The molecule has 2 N–H and O–H groups in total. The van der Waals surface area contributed by atoms with Gasteiger partial charge in [0.15, 0.2) is 0 Å². The number of nitrogens with two attached hydrogens (primary N) is 1. The summed E-state index contributed by atoms with van der Waals surface area (Å²) in [5.74, 6) is 0.277. The molecule has 0 amide bonds. The highest BCUT2D eigenvalue weighted by molar-refractivity contribution is 5.69. The number of ether oxygens (including phenoxy) is 1. The van der Waals surface area contributed by atoms with E-state index in [2.05, 4.69) is 0 Å². The zero-order valence-corrected chi connectivity index (χ0v) is 9.75. The smallest absolute Gasteiger partial charge is 0.306 e. The van der Waals surface area contributed by atoms with Crippen LogP contribution in [0, 0.1) is 5.92 Å². The van der Waals surface area contributed by atoms with Gasteiger partial charge in [-0.05, 0) is 32.6 Å². The molecule has 84 valence electrons. The van der Waals surface area contributed by atoms with Crippen LogP contribution < -0.4 is 5.73 Å². The lowest BCUT2D eigenvalue weighted by molar-refractivity contribution is -0.150. The van der Waals surface area contributed by atoms with E-state index in [1.807, 2.05) is 27.7 Å². The minimum atomic E-state index is -0.105. The number of hydrogen-bond donors (Lipinski definition) is 1. The van der Waals surface area contributed by atoms with Crippen LogP contribution in [0.25, 0.3) is 0 Å². The molecule has 0 bridgehead atoms. The quantitative estimate of drug-likeness (QED) is 0.669. The second kappa shape index (κ2) is 6.82. The van der Waals surface area contributed by atoms with Crippen molar-refractivity contribution in [2.45, 2.75) is 59.1 Å². The molecule has 0 fully saturated rings. The summed E-state index contributed by atoms with van der Waals surface area (Å²) in [6, 6.07) is 0.172. The van der Waals surface area contributed by atoms with Crippen molar-refractivity contribution in [3.63, 3.8) is 0 Å². The van der Waals surface area contributed by atoms with Crippen LogP contribution in [0.5, 0.6) is 0 Å². The van der Waals surface area contributed by atoms with Crippen molar-refractivity contribution in [2.24, 2.45) is 11.7 Å². The summed E-state index contributed by atoms with van der Waals surface area (Å²) >= 11 is 0. The first kappa shape index (κ1) is 13.4. The first-order valence-corrected chi connectivity index (χ1v) is 5.38. The second-order valence-corrected chi connectivity index (χ2v) is 4.31. The van der Waals surface area contributed by atoms with Gasteiger partial charge in [-0.25, -0.2) is 0 Å². The Morgan fingerprint density at radius 1 is 1.29 bits per heavy atom. The molecule has 0 saturated heterocycles. The molecule has 0 aliphatic rings. The molecule has 0 aromatic heterocycles. The molecule has 2 atom stereocenters. The van der Waals surface area contributed by atoms with Gasteiger partial charge < -0.3 is 10.5 Å². The highest BCUT2D eigenvalue weighted by Gasteiger charge is 2.12. The zero-order valence-electron chi connectivity index (χ0n) is 9.75. The number of carbonyl (C=O) groups excluding carboxylic acids is 1. The van der Waals surface area contributed by atoms with Gasteiger partial charge >= 0.3 is 5.97 Å². The summed E-state index contributed by atoms with van der Waals surface area (Å²) in [7, 11) is 0. The van der Waals surface area contributed by atoms with E-state index in [1.165, 1.54) is 0 Å². The maximum Gasteiger partial charge on any atom is 0.306 e. The molecule has 14 heavy (non-hydrogen) atoms. The summed E-state index contributed by atoms with van der Waals surface area (Å²) in [6.45, 7) is 7.95. The molecular weight excluding hydrogens is 178 g/mol. The highest BCUT2D eigenvalue weighted by atomic mass is 16.5. The van der Waals surface area contributed by atoms with Gasteiger partial charge in [-0.3, -0.25) is 4.79 Å². The molecule has 0 heterocycles. The zero-order chi connectivity index (χ0) is 11.1. The van der Waals surface area contributed by atoms with Gasteiger partial charge in [0.1, 0.15) is 6.10 Å². The third kappa shape index (κ3) is 6.89. The average molecular weight is 201 g/mol. The van der Waals surface area contributed by atoms with Crippen LogP contribution >= 0.6 is 0 Å². The number of esters is 1. The highest BCUT2D eigenvalue weighted by Crippen LogP contribution is 2.08. The van der Waals surface area contributed by atoms with E-state index in [1.54, 1.807) is 0 Å². The lowest BCUT2D eigenvalue weighted by Crippen LogP contribution is -2.20. The fourth-order valence-electron chi connectivity index (χ4n) is 0.971. The summed E-state index contributed by atoms with van der Waals surface area (Å²) < 4.78 is 5.21. The summed E-state index contributed by atoms with van der Waals surface area (Å²) in [4.78, 5) is 11.3. The van der Waals surface area contributed by atoms with E-state index in [0.29, 0.717) is 12.3 Å². The monoisotopic (exact) mass is 201 g/mol. The van der Waals surface area contributed by atoms with Crippen LogP contribution in [0.1, 0.15) is 47.0 Å². The first-order chi connectivity index (χ1) is 6.43. The molecule has 0 radical (unpaired) electrons. The Bertz CT molecular complexity index is 167. The Labute approximate surface area is 87.0 Å². The summed E-state index contributed by atoms with van der Waals surface area (Å²) in [5.41, 5.74) is 5.58. The lowest BCUT2D eigenvalue weighted by Gasteiger charge is -2.16. The van der Waals surface area contributed by atoms with Crippen LogP contribution in [0.3, 0.4) is 0 Å². The SMILES string of the molecule is CC(N)CCCC(=O)OC(C)C(C)C. The molecular formula is C11H23NO2. The normalized spacial score (nSPS) is 15.3. The number of rotatable bonds is 6. The van der Waals surface area contributed by atoms with Gasteiger partial charge in [-0.2, -0.15) is 0 Å². The fraction of sp³-hybridized carbons (Fsp3) is 0.909. The van der Waals surface area contributed by atoms with Gasteiger partial charge in [0.05, 0.1) is 0 Å². The maximum absolute atomic E-state index is 11.3. The Balaban J connectivity index is 3.55. The standard InChI is InChI=1S/C11H23NO2/c1-8(2)10(4)14-11(13)7-5-6-9(3)12/h8-10H,5-7,12H2,1-4H3. The van der Waals surface area contributed by atoms with E-state index in [9.17, 15) is 4.79 Å². The lowest BCUT2D eigenvalue weighted by atomic mass is 10.1. The number of hydrogen-bond acceptors (Lipinski definition) is 3. The maximum atomic E-state index is 11.3. The van der Waals surface area contributed by atoms with E-state index in [0.717, 1.165) is 12.8 Å². The Hall–Kier alpha value is -0.570. The van der Waals surface area contributed by atoms with Crippen molar-refractivity contribution in [3.8, 4) is 0 Å². The molecule has 0 aliphatic carbocycles. The van der Waals surface area contributed by atoms with Gasteiger partial charge in [0.2, 0.25) is 0 Å². The van der Waals surface area contributed by atoms with Crippen molar-refractivity contribution in [3.05, 3.63) is 0 Å². The largest absolute Gasteiger partial charge is 0.462 e. The van der Waals surface area contributed by atoms with Gasteiger partial charge in [-0.1, -0.05) is 13.8 Å². The molecule has 0 aromatic rings. The molecule has 0 aliphatic heterocycles. The van der Waals surface area contributed by atoms with Gasteiger partial charge in [-0.15, -0.1) is 0 Å². The van der Waals surface area contributed by atoms with Gasteiger partial charge in [0, 0.05) is 12.5 Å². The number of carbonyl (C=O) groups is 1. The second-order valence-electron chi connectivity index (χ2n) is 4.31. The van der Waals surface area contributed by atoms with Crippen molar-refractivity contribution in [1.29, 1.82) is 0 Å². The van der Waals surface area contributed by atoms with Crippen LogP contribution in [0.2, 0.25) is 0 Å². The van der Waals surface area contributed by atoms with Crippen molar-refractivity contribution >= 4 is 5.97 Å². The van der Waals surface area contributed by atoms with Crippen LogP contribution in [0.4, 0.5) is 0 Å². The Morgan fingerprint density at radius 3 is 2.29 bits per heavy atom. The van der Waals surface area contributed by atoms with Crippen LogP contribution in [0.15, 0.2) is 0 Å². The average Bonchev–Trinajstić information content (AvgIpc) is 2.02. The predicted molar refractivity (Wildman–Crippen MR) is 57.9 cm³/mol. The topological polar surface area (TPSA) is 52.3 Å². The minimum absolute atomic E-state index is 0.0119. The van der Waals surface area contributed by atoms with Gasteiger partial charge in [0.25, 0.3) is 0 Å². The van der Waals surface area contributed by atoms with Crippen molar-refractivity contribution in [2.75, 3.05) is 0 Å². The third-order valence-electron chi connectivity index (χ3n) is 2.30. The van der Waals surface area contributed by atoms with Crippen molar-refractivity contribution in [1.82, 2.24) is 0 Å². The molecule has 0 saturated carbocycles. The molecule has 0 spiro atoms. The summed E-state index contributed by atoms with van der Waals surface area (Å²) in [5, 5.41) is 0. The predicted octanol–water partition coefficient (Wildman–Crippen LogP) is 2.09. The molecule has 0 aromatic carbocycles. The van der Waals surface area contributed by atoms with E-state index < -0.39 is 0 Å². The van der Waals surface area contributed by atoms with E-state index >= 15 is 0 Å². The molecule has 2 unspecified atom stereocenters. The molecule has 3 nitrogen and oxygen atoms in total. The molecule has 0 rings (SSSR count). The summed E-state index contributed by atoms with van der Waals surface area (Å²) in [6.07, 6.45) is 2.20. The van der Waals surface area contributed by atoms with E-state index in [4.69, 9.17) is 10.5 Å². The Kier molecular flexibility index (Phi) is 6.54. The van der Waals surface area contributed by atoms with E-state index in [-0.39, 0.29) is 18.1 Å². The van der Waals surface area contributed by atoms with Crippen molar-refractivity contribution < 1.29 is 9.53 Å². The minimum Gasteiger partial charge on any atom is -0.462 e. The first-order valence-electron chi connectivity index (χ1n) is 5.38.